The van der Waals surface area contributed by atoms with E-state index in [0.717, 1.165) is 5.39 Å². The lowest BCUT2D eigenvalue weighted by Gasteiger charge is -2.28. The van der Waals surface area contributed by atoms with E-state index in [9.17, 15) is 13.2 Å². The molecule has 2 nitrogen and oxygen atoms in total. The molecule has 0 spiro atoms. The van der Waals surface area contributed by atoms with E-state index in [4.69, 9.17) is 11.6 Å². The summed E-state index contributed by atoms with van der Waals surface area (Å²) in [7, 11) is 0. The summed E-state index contributed by atoms with van der Waals surface area (Å²) in [6.07, 6.45) is -4.31. The summed E-state index contributed by atoms with van der Waals surface area (Å²) < 4.78 is 39.3. The van der Waals surface area contributed by atoms with Crippen molar-refractivity contribution in [1.29, 1.82) is 0 Å². The van der Waals surface area contributed by atoms with E-state index in [1.165, 1.54) is 26.0 Å². The molecule has 0 amide bonds. The Bertz CT molecular complexity index is 903. The van der Waals surface area contributed by atoms with Gasteiger partial charge in [0.2, 0.25) is 0 Å². The Labute approximate surface area is 148 Å². The van der Waals surface area contributed by atoms with Crippen LogP contribution in [0.3, 0.4) is 0 Å². The standard InChI is InChI=1S/C19H16ClF3N2/c1-18(2,19(21,22)23)13-7-9-14(10-8-13)24-16-11-6-12-4-3-5-15(20)17(12)25-16/h3-11H,1-2H3,(H,24,25). The van der Waals surface area contributed by atoms with Gasteiger partial charge in [-0.15, -0.1) is 0 Å². The Hall–Kier alpha value is -2.27. The number of nitrogens with one attached hydrogen (secondary N) is 1. The smallest absolute Gasteiger partial charge is 0.340 e. The van der Waals surface area contributed by atoms with Crippen molar-refractivity contribution >= 4 is 34.0 Å². The second kappa shape index (κ2) is 6.23. The van der Waals surface area contributed by atoms with E-state index in [-0.39, 0.29) is 5.56 Å². The first kappa shape index (κ1) is 17.5. The molecule has 1 N–H and O–H groups in total. The van der Waals surface area contributed by atoms with Crippen LogP contribution in [0.25, 0.3) is 10.9 Å². The van der Waals surface area contributed by atoms with Crippen molar-refractivity contribution in [1.82, 2.24) is 4.98 Å². The van der Waals surface area contributed by atoms with Crippen LogP contribution in [0.15, 0.2) is 54.6 Å². The summed E-state index contributed by atoms with van der Waals surface area (Å²) in [6.45, 7) is 2.34. The summed E-state index contributed by atoms with van der Waals surface area (Å²) >= 11 is 6.15. The molecular weight excluding hydrogens is 349 g/mol. The predicted octanol–water partition coefficient (Wildman–Crippen LogP) is 6.47. The van der Waals surface area contributed by atoms with Crippen molar-refractivity contribution in [2.75, 3.05) is 5.32 Å². The topological polar surface area (TPSA) is 24.9 Å². The van der Waals surface area contributed by atoms with Crippen molar-refractivity contribution in [2.45, 2.75) is 25.4 Å². The number of nitrogens with zero attached hydrogens (tertiary/aromatic N) is 1. The van der Waals surface area contributed by atoms with Crippen LogP contribution >= 0.6 is 11.6 Å². The van der Waals surface area contributed by atoms with Gasteiger partial charge in [0.25, 0.3) is 0 Å². The summed E-state index contributed by atoms with van der Waals surface area (Å²) in [5.41, 5.74) is -0.370. The molecule has 3 aromatic rings. The average molecular weight is 365 g/mol. The van der Waals surface area contributed by atoms with Crippen LogP contribution in [0, 0.1) is 0 Å². The third-order valence-electron chi connectivity index (χ3n) is 4.26. The van der Waals surface area contributed by atoms with Crippen molar-refractivity contribution in [3.05, 3.63) is 65.2 Å². The maximum atomic E-state index is 13.1. The molecule has 0 bridgehead atoms. The fourth-order valence-electron chi connectivity index (χ4n) is 2.46. The van der Waals surface area contributed by atoms with E-state index in [1.807, 2.05) is 18.2 Å². The highest BCUT2D eigenvalue weighted by Crippen LogP contribution is 2.40. The summed E-state index contributed by atoms with van der Waals surface area (Å²) in [5.74, 6) is 0.573. The highest BCUT2D eigenvalue weighted by atomic mass is 35.5. The van der Waals surface area contributed by atoms with Crippen LogP contribution in [0.2, 0.25) is 5.02 Å². The van der Waals surface area contributed by atoms with Gasteiger partial charge in [0.15, 0.2) is 0 Å². The van der Waals surface area contributed by atoms with Crippen LogP contribution in [-0.2, 0) is 5.41 Å². The molecule has 0 radical (unpaired) electrons. The first-order chi connectivity index (χ1) is 11.7. The van der Waals surface area contributed by atoms with Gasteiger partial charge in [0.1, 0.15) is 5.82 Å². The maximum Gasteiger partial charge on any atom is 0.397 e. The van der Waals surface area contributed by atoms with Crippen LogP contribution < -0.4 is 5.32 Å². The summed E-state index contributed by atoms with van der Waals surface area (Å²) in [6, 6.07) is 15.4. The Morgan fingerprint density at radius 1 is 0.920 bits per heavy atom. The number of alkyl halides is 3. The minimum atomic E-state index is -4.31. The molecule has 0 aliphatic heterocycles. The third-order valence-corrected chi connectivity index (χ3v) is 4.56. The van der Waals surface area contributed by atoms with Gasteiger partial charge in [-0.25, -0.2) is 4.98 Å². The van der Waals surface area contributed by atoms with Gasteiger partial charge in [-0.1, -0.05) is 35.9 Å². The van der Waals surface area contributed by atoms with Gasteiger partial charge in [-0.2, -0.15) is 13.2 Å². The lowest BCUT2D eigenvalue weighted by Crippen LogP contribution is -2.36. The second-order valence-electron chi connectivity index (χ2n) is 6.33. The molecule has 0 unspecified atom stereocenters. The van der Waals surface area contributed by atoms with Crippen LogP contribution in [0.5, 0.6) is 0 Å². The van der Waals surface area contributed by atoms with E-state index in [0.29, 0.717) is 22.0 Å². The fourth-order valence-corrected chi connectivity index (χ4v) is 2.69. The maximum absolute atomic E-state index is 13.1. The van der Waals surface area contributed by atoms with E-state index in [2.05, 4.69) is 10.3 Å². The SMILES string of the molecule is CC(C)(c1ccc(Nc2ccc3cccc(Cl)c3n2)cc1)C(F)(F)F. The number of para-hydroxylation sites is 1. The Morgan fingerprint density at radius 2 is 1.60 bits per heavy atom. The molecule has 25 heavy (non-hydrogen) atoms. The number of anilines is 2. The van der Waals surface area contributed by atoms with E-state index in [1.54, 1.807) is 24.3 Å². The normalized spacial score (nSPS) is 12.4. The number of fused-ring (bicyclic) bond motifs is 1. The van der Waals surface area contributed by atoms with Gasteiger partial charge in [-0.3, -0.25) is 0 Å². The molecule has 0 saturated heterocycles. The highest BCUT2D eigenvalue weighted by Gasteiger charge is 2.48. The van der Waals surface area contributed by atoms with Crippen LogP contribution in [-0.4, -0.2) is 11.2 Å². The van der Waals surface area contributed by atoms with E-state index < -0.39 is 11.6 Å². The summed E-state index contributed by atoms with van der Waals surface area (Å²) in [5, 5.41) is 4.55. The van der Waals surface area contributed by atoms with Crippen LogP contribution in [0.1, 0.15) is 19.4 Å². The number of halogens is 4. The first-order valence-corrected chi connectivity index (χ1v) is 8.06. The molecule has 0 aliphatic carbocycles. The molecule has 0 aliphatic rings. The molecule has 1 heterocycles. The number of pyridine rings is 1. The van der Waals surface area contributed by atoms with Gasteiger partial charge < -0.3 is 5.32 Å². The number of rotatable bonds is 3. The Morgan fingerprint density at radius 3 is 2.24 bits per heavy atom. The number of benzene rings is 2. The quantitative estimate of drug-likeness (QED) is 0.576. The summed E-state index contributed by atoms with van der Waals surface area (Å²) in [4.78, 5) is 4.46. The molecule has 0 saturated carbocycles. The molecule has 0 fully saturated rings. The number of hydrogen-bond donors (Lipinski definition) is 1. The third kappa shape index (κ3) is 3.42. The van der Waals surface area contributed by atoms with E-state index >= 15 is 0 Å². The van der Waals surface area contributed by atoms with Gasteiger partial charge in [0, 0.05) is 11.1 Å². The minimum absolute atomic E-state index is 0.208. The van der Waals surface area contributed by atoms with Crippen LogP contribution in [0.4, 0.5) is 24.7 Å². The second-order valence-corrected chi connectivity index (χ2v) is 6.74. The highest BCUT2D eigenvalue weighted by molar-refractivity contribution is 6.35. The van der Waals surface area contributed by atoms with Crippen molar-refractivity contribution in [2.24, 2.45) is 0 Å². The molecule has 130 valence electrons. The predicted molar refractivity (Wildman–Crippen MR) is 95.6 cm³/mol. The van der Waals surface area contributed by atoms with Gasteiger partial charge in [-0.05, 0) is 49.7 Å². The molecule has 6 heteroatoms. The minimum Gasteiger partial charge on any atom is -0.340 e. The zero-order valence-electron chi connectivity index (χ0n) is 13.7. The van der Waals surface area contributed by atoms with Gasteiger partial charge >= 0.3 is 6.18 Å². The Balaban J connectivity index is 1.86. The monoisotopic (exact) mass is 364 g/mol. The largest absolute Gasteiger partial charge is 0.397 e. The number of hydrogen-bond acceptors (Lipinski definition) is 2. The molecule has 1 aromatic heterocycles. The zero-order chi connectivity index (χ0) is 18.2. The molecule has 0 atom stereocenters. The molecule has 2 aromatic carbocycles. The zero-order valence-corrected chi connectivity index (χ0v) is 14.4. The lowest BCUT2D eigenvalue weighted by atomic mass is 9.84. The van der Waals surface area contributed by atoms with Crippen molar-refractivity contribution < 1.29 is 13.2 Å². The van der Waals surface area contributed by atoms with Crippen molar-refractivity contribution in [3.63, 3.8) is 0 Å². The van der Waals surface area contributed by atoms with Crippen molar-refractivity contribution in [3.8, 4) is 0 Å². The Kier molecular flexibility index (Phi) is 4.37. The molecular formula is C19H16ClF3N2. The number of aromatic nitrogens is 1. The van der Waals surface area contributed by atoms with Gasteiger partial charge in [0.05, 0.1) is 16.0 Å². The fraction of sp³-hybridized carbons (Fsp3) is 0.211. The lowest BCUT2D eigenvalue weighted by molar-refractivity contribution is -0.180. The first-order valence-electron chi connectivity index (χ1n) is 7.68. The average Bonchev–Trinajstić information content (AvgIpc) is 2.55. The molecule has 3 rings (SSSR count).